The van der Waals surface area contributed by atoms with E-state index in [0.29, 0.717) is 5.75 Å². The molecule has 1 amide bonds. The van der Waals surface area contributed by atoms with E-state index in [4.69, 9.17) is 4.74 Å². The predicted molar refractivity (Wildman–Crippen MR) is 78.3 cm³/mol. The van der Waals surface area contributed by atoms with E-state index in [1.54, 1.807) is 37.3 Å². The highest BCUT2D eigenvalue weighted by molar-refractivity contribution is 5.96. The Bertz CT molecular complexity index is 643. The zero-order valence-corrected chi connectivity index (χ0v) is 11.4. The van der Waals surface area contributed by atoms with Gasteiger partial charge in [0.25, 0.3) is 11.6 Å². The Kier molecular flexibility index (Phi) is 4.50. The number of hydrogen-bond acceptors (Lipinski definition) is 4. The van der Waals surface area contributed by atoms with Crippen molar-refractivity contribution in [2.45, 2.75) is 13.0 Å². The fourth-order valence-electron chi connectivity index (χ4n) is 1.73. The number of nitro benzene ring substituents is 1. The molecule has 1 atom stereocenters. The fourth-order valence-corrected chi connectivity index (χ4v) is 1.73. The van der Waals surface area contributed by atoms with Crippen LogP contribution in [0.3, 0.4) is 0 Å². The van der Waals surface area contributed by atoms with Crippen LogP contribution in [0.15, 0.2) is 54.6 Å². The Morgan fingerprint density at radius 1 is 1.14 bits per heavy atom. The van der Waals surface area contributed by atoms with E-state index >= 15 is 0 Å². The molecule has 1 unspecified atom stereocenters. The normalized spacial score (nSPS) is 11.5. The average molecular weight is 286 g/mol. The Hall–Kier alpha value is -2.89. The second-order valence-electron chi connectivity index (χ2n) is 4.34. The molecule has 2 aromatic rings. The summed E-state index contributed by atoms with van der Waals surface area (Å²) >= 11 is 0. The van der Waals surface area contributed by atoms with E-state index in [0.717, 1.165) is 0 Å². The maximum atomic E-state index is 12.0. The minimum absolute atomic E-state index is 0.149. The molecule has 0 heterocycles. The van der Waals surface area contributed by atoms with Gasteiger partial charge in [-0.25, -0.2) is 0 Å². The summed E-state index contributed by atoms with van der Waals surface area (Å²) < 4.78 is 5.47. The first kappa shape index (κ1) is 14.5. The van der Waals surface area contributed by atoms with E-state index in [-0.39, 0.29) is 11.4 Å². The van der Waals surface area contributed by atoms with E-state index in [1.165, 1.54) is 18.2 Å². The molecular formula is C15H14N2O4. The van der Waals surface area contributed by atoms with Crippen LogP contribution in [-0.4, -0.2) is 16.9 Å². The molecule has 21 heavy (non-hydrogen) atoms. The van der Waals surface area contributed by atoms with Crippen LogP contribution >= 0.6 is 0 Å². The highest BCUT2D eigenvalue weighted by atomic mass is 16.6. The molecule has 0 spiro atoms. The van der Waals surface area contributed by atoms with Gasteiger partial charge < -0.3 is 10.1 Å². The van der Waals surface area contributed by atoms with Gasteiger partial charge in [-0.05, 0) is 25.1 Å². The van der Waals surface area contributed by atoms with E-state index in [9.17, 15) is 14.9 Å². The number of nitro groups is 1. The van der Waals surface area contributed by atoms with Crippen molar-refractivity contribution >= 4 is 17.3 Å². The second-order valence-corrected chi connectivity index (χ2v) is 4.34. The van der Waals surface area contributed by atoms with Crippen LogP contribution in [-0.2, 0) is 4.79 Å². The molecule has 0 radical (unpaired) electrons. The topological polar surface area (TPSA) is 81.5 Å². The van der Waals surface area contributed by atoms with E-state index in [1.807, 2.05) is 6.07 Å². The van der Waals surface area contributed by atoms with Crippen molar-refractivity contribution in [2.75, 3.05) is 5.32 Å². The lowest BCUT2D eigenvalue weighted by Crippen LogP contribution is -2.30. The molecule has 0 aromatic heterocycles. The Morgan fingerprint density at radius 2 is 1.76 bits per heavy atom. The number of nitrogens with zero attached hydrogens (tertiary/aromatic N) is 1. The summed E-state index contributed by atoms with van der Waals surface area (Å²) in [6.45, 7) is 1.58. The molecule has 0 saturated carbocycles. The number of anilines is 1. The monoisotopic (exact) mass is 286 g/mol. The van der Waals surface area contributed by atoms with Crippen molar-refractivity contribution < 1.29 is 14.5 Å². The first-order valence-corrected chi connectivity index (χ1v) is 6.34. The molecule has 2 rings (SSSR count). The molecule has 0 aliphatic carbocycles. The summed E-state index contributed by atoms with van der Waals surface area (Å²) in [4.78, 5) is 22.4. The molecule has 0 aliphatic rings. The highest BCUT2D eigenvalue weighted by Gasteiger charge is 2.19. The predicted octanol–water partition coefficient (Wildman–Crippen LogP) is 3.00. The van der Waals surface area contributed by atoms with Crippen molar-refractivity contribution in [3.8, 4) is 5.75 Å². The van der Waals surface area contributed by atoms with Gasteiger partial charge in [-0.2, -0.15) is 0 Å². The number of nitrogens with one attached hydrogen (secondary N) is 1. The van der Waals surface area contributed by atoms with Gasteiger partial charge in [0.15, 0.2) is 6.10 Å². The van der Waals surface area contributed by atoms with Crippen molar-refractivity contribution in [1.29, 1.82) is 0 Å². The second kappa shape index (κ2) is 6.51. The lowest BCUT2D eigenvalue weighted by Gasteiger charge is -2.14. The number of carbonyl (C=O) groups is 1. The van der Waals surface area contributed by atoms with Gasteiger partial charge in [0.2, 0.25) is 0 Å². The largest absolute Gasteiger partial charge is 0.481 e. The van der Waals surface area contributed by atoms with Gasteiger partial charge in [-0.1, -0.05) is 30.3 Å². The standard InChI is InChI=1S/C15H14N2O4/c1-11(21-12-7-3-2-4-8-12)15(18)16-13-9-5-6-10-14(13)17(19)20/h2-11H,1H3,(H,16,18). The third kappa shape index (κ3) is 3.79. The molecule has 1 N–H and O–H groups in total. The zero-order chi connectivity index (χ0) is 15.2. The SMILES string of the molecule is CC(Oc1ccccc1)C(=O)Nc1ccccc1[N+](=O)[O-]. The van der Waals surface area contributed by atoms with Crippen LogP contribution < -0.4 is 10.1 Å². The van der Waals surface area contributed by atoms with Crippen LogP contribution in [0.5, 0.6) is 5.75 Å². The smallest absolute Gasteiger partial charge is 0.292 e. The minimum Gasteiger partial charge on any atom is -0.481 e. The molecule has 2 aromatic carbocycles. The maximum absolute atomic E-state index is 12.0. The van der Waals surface area contributed by atoms with Crippen LogP contribution in [0.1, 0.15) is 6.92 Å². The number of benzene rings is 2. The van der Waals surface area contributed by atoms with E-state index in [2.05, 4.69) is 5.32 Å². The Balaban J connectivity index is 2.06. The lowest BCUT2D eigenvalue weighted by molar-refractivity contribution is -0.383. The minimum atomic E-state index is -0.771. The van der Waals surface area contributed by atoms with Gasteiger partial charge in [0.05, 0.1) is 4.92 Å². The average Bonchev–Trinajstić information content (AvgIpc) is 2.48. The first-order chi connectivity index (χ1) is 10.1. The van der Waals surface area contributed by atoms with Crippen LogP contribution in [0.4, 0.5) is 11.4 Å². The zero-order valence-electron chi connectivity index (χ0n) is 11.4. The molecule has 0 saturated heterocycles. The summed E-state index contributed by atoms with van der Waals surface area (Å²) in [6, 6.07) is 14.9. The lowest BCUT2D eigenvalue weighted by atomic mass is 10.2. The summed E-state index contributed by atoms with van der Waals surface area (Å²) in [7, 11) is 0. The number of carbonyl (C=O) groups excluding carboxylic acids is 1. The molecule has 0 aliphatic heterocycles. The Morgan fingerprint density at radius 3 is 2.43 bits per heavy atom. The van der Waals surface area contributed by atoms with E-state index < -0.39 is 16.9 Å². The molecule has 0 bridgehead atoms. The number of amides is 1. The quantitative estimate of drug-likeness (QED) is 0.676. The fraction of sp³-hybridized carbons (Fsp3) is 0.133. The van der Waals surface area contributed by atoms with Crippen molar-refractivity contribution in [1.82, 2.24) is 0 Å². The maximum Gasteiger partial charge on any atom is 0.292 e. The molecular weight excluding hydrogens is 272 g/mol. The summed E-state index contributed by atoms with van der Waals surface area (Å²) in [5.41, 5.74) is -0.00577. The molecule has 6 nitrogen and oxygen atoms in total. The molecule has 108 valence electrons. The number of hydrogen-bond donors (Lipinski definition) is 1. The Labute approximate surface area is 121 Å². The number of rotatable bonds is 5. The van der Waals surface area contributed by atoms with Crippen molar-refractivity contribution in [2.24, 2.45) is 0 Å². The third-order valence-corrected chi connectivity index (χ3v) is 2.78. The molecule has 6 heteroatoms. The van der Waals surface area contributed by atoms with Gasteiger partial charge >= 0.3 is 0 Å². The van der Waals surface area contributed by atoms with Gasteiger partial charge in [0.1, 0.15) is 11.4 Å². The summed E-state index contributed by atoms with van der Waals surface area (Å²) in [5, 5.41) is 13.4. The number of para-hydroxylation sites is 3. The van der Waals surface area contributed by atoms with Crippen molar-refractivity contribution in [3.05, 3.63) is 64.7 Å². The highest BCUT2D eigenvalue weighted by Crippen LogP contribution is 2.23. The molecule has 0 fully saturated rings. The van der Waals surface area contributed by atoms with Crippen LogP contribution in [0, 0.1) is 10.1 Å². The summed E-state index contributed by atoms with van der Waals surface area (Å²) in [6.07, 6.45) is -0.771. The van der Waals surface area contributed by atoms with Crippen LogP contribution in [0.25, 0.3) is 0 Å². The van der Waals surface area contributed by atoms with Crippen molar-refractivity contribution in [3.63, 3.8) is 0 Å². The van der Waals surface area contributed by atoms with Gasteiger partial charge in [-0.15, -0.1) is 0 Å². The third-order valence-electron chi connectivity index (χ3n) is 2.78. The summed E-state index contributed by atoms with van der Waals surface area (Å²) in [5.74, 6) is 0.107. The van der Waals surface area contributed by atoms with Crippen LogP contribution in [0.2, 0.25) is 0 Å². The van der Waals surface area contributed by atoms with Gasteiger partial charge in [-0.3, -0.25) is 14.9 Å². The van der Waals surface area contributed by atoms with Gasteiger partial charge in [0, 0.05) is 6.07 Å². The number of ether oxygens (including phenoxy) is 1. The first-order valence-electron chi connectivity index (χ1n) is 6.34.